The van der Waals surface area contributed by atoms with Gasteiger partial charge in [-0.1, -0.05) is 80.6 Å². The monoisotopic (exact) mass is 702 g/mol. The van der Waals surface area contributed by atoms with E-state index >= 15 is 0 Å². The van der Waals surface area contributed by atoms with Crippen molar-refractivity contribution in [3.05, 3.63) is 161 Å². The third kappa shape index (κ3) is 4.80. The van der Waals surface area contributed by atoms with Gasteiger partial charge >= 0.3 is 0 Å². The third-order valence-corrected chi connectivity index (χ3v) is 13.0. The molecule has 3 heteroatoms. The number of furan rings is 1. The molecule has 5 aliphatic rings. The van der Waals surface area contributed by atoms with Crippen LogP contribution in [0.15, 0.2) is 143 Å². The number of anilines is 2. The fourth-order valence-corrected chi connectivity index (χ4v) is 10.4. The zero-order valence-corrected chi connectivity index (χ0v) is 31.4. The lowest BCUT2D eigenvalue weighted by Crippen LogP contribution is -2.30. The van der Waals surface area contributed by atoms with Crippen molar-refractivity contribution in [3.63, 3.8) is 0 Å². The van der Waals surface area contributed by atoms with Gasteiger partial charge in [0.05, 0.1) is 17.1 Å². The van der Waals surface area contributed by atoms with Crippen LogP contribution in [0.3, 0.4) is 0 Å². The molecular weight excluding hydrogens is 657 g/mol. The van der Waals surface area contributed by atoms with Crippen LogP contribution >= 0.6 is 0 Å². The van der Waals surface area contributed by atoms with Crippen molar-refractivity contribution in [2.75, 3.05) is 4.90 Å². The molecule has 0 amide bonds. The summed E-state index contributed by atoms with van der Waals surface area (Å²) in [4.78, 5) is 2.59. The maximum Gasteiger partial charge on any atom is 0.137 e. The molecule has 54 heavy (non-hydrogen) atoms. The van der Waals surface area contributed by atoms with E-state index < -0.39 is 0 Å². The second-order valence-corrected chi connectivity index (χ2v) is 16.4. The zero-order valence-electron chi connectivity index (χ0n) is 31.4. The first-order chi connectivity index (χ1) is 26.5. The maximum atomic E-state index is 6.45. The van der Waals surface area contributed by atoms with Gasteiger partial charge in [-0.05, 0) is 152 Å². The second kappa shape index (κ2) is 12.2. The Bertz CT molecular complexity index is 2720. The summed E-state index contributed by atoms with van der Waals surface area (Å²) in [6, 6.07) is 30.2. The number of hydrogen-bond donors (Lipinski definition) is 0. The van der Waals surface area contributed by atoms with Gasteiger partial charge < -0.3 is 13.9 Å². The van der Waals surface area contributed by atoms with Crippen molar-refractivity contribution in [2.45, 2.75) is 83.1 Å². The molecule has 0 aliphatic heterocycles. The summed E-state index contributed by atoms with van der Waals surface area (Å²) in [5.74, 6) is 1.01. The molecule has 2 heterocycles. The third-order valence-electron chi connectivity index (χ3n) is 13.0. The lowest BCUT2D eigenvalue weighted by atomic mass is 9.80. The predicted molar refractivity (Wildman–Crippen MR) is 227 cm³/mol. The molecule has 1 atom stereocenters. The smallest absolute Gasteiger partial charge is 0.137 e. The van der Waals surface area contributed by atoms with Crippen molar-refractivity contribution in [3.8, 4) is 5.69 Å². The van der Waals surface area contributed by atoms with Crippen molar-refractivity contribution >= 4 is 55.8 Å². The number of nitrogens with zero attached hydrogens (tertiary/aromatic N) is 2. The van der Waals surface area contributed by atoms with Gasteiger partial charge in [-0.15, -0.1) is 0 Å². The molecule has 6 aromatic rings. The van der Waals surface area contributed by atoms with E-state index in [1.807, 2.05) is 0 Å². The molecule has 11 rings (SSSR count). The number of hydrogen-bond acceptors (Lipinski definition) is 2. The molecule has 0 bridgehead atoms. The first-order valence-electron chi connectivity index (χ1n) is 20.2. The Hall–Kier alpha value is -5.54. The average Bonchev–Trinajstić information content (AvgIpc) is 3.84. The number of allylic oxidation sites excluding steroid dienone is 9. The highest BCUT2D eigenvalue weighted by atomic mass is 16.3. The summed E-state index contributed by atoms with van der Waals surface area (Å²) >= 11 is 0. The highest BCUT2D eigenvalue weighted by molar-refractivity contribution is 6.19. The molecule has 0 spiro atoms. The molecule has 0 N–H and O–H groups in total. The molecule has 5 aliphatic carbocycles. The number of para-hydroxylation sites is 1. The zero-order chi connectivity index (χ0) is 36.0. The minimum Gasteiger partial charge on any atom is -0.456 e. The summed E-state index contributed by atoms with van der Waals surface area (Å²) in [6.45, 7) is 4.83. The summed E-state index contributed by atoms with van der Waals surface area (Å²) < 4.78 is 8.92. The van der Waals surface area contributed by atoms with Crippen LogP contribution in [-0.2, 0) is 11.8 Å². The summed E-state index contributed by atoms with van der Waals surface area (Å²) in [6.07, 6.45) is 29.3. The number of rotatable bonds is 5. The molecule has 0 radical (unpaired) electrons. The van der Waals surface area contributed by atoms with Gasteiger partial charge in [0.1, 0.15) is 11.3 Å². The predicted octanol–water partition coefficient (Wildman–Crippen LogP) is 13.8. The molecule has 2 aromatic heterocycles. The summed E-state index contributed by atoms with van der Waals surface area (Å²) in [7, 11) is 0. The van der Waals surface area contributed by atoms with E-state index in [0.29, 0.717) is 0 Å². The molecule has 3 nitrogen and oxygen atoms in total. The first-order valence-corrected chi connectivity index (χ1v) is 20.2. The summed E-state index contributed by atoms with van der Waals surface area (Å²) in [5.41, 5.74) is 17.3. The molecular formula is C51H46N2O. The van der Waals surface area contributed by atoms with E-state index in [0.717, 1.165) is 43.4 Å². The largest absolute Gasteiger partial charge is 0.456 e. The lowest BCUT2D eigenvalue weighted by molar-refractivity contribution is 0.595. The lowest BCUT2D eigenvalue weighted by Gasteiger charge is -2.35. The topological polar surface area (TPSA) is 21.3 Å². The number of benzene rings is 4. The van der Waals surface area contributed by atoms with Gasteiger partial charge in [0.15, 0.2) is 0 Å². The van der Waals surface area contributed by atoms with Crippen LogP contribution in [0.2, 0.25) is 0 Å². The fraction of sp³-hybridized carbons (Fsp3) is 0.255. The molecule has 0 saturated heterocycles. The van der Waals surface area contributed by atoms with Crippen LogP contribution in [0.5, 0.6) is 0 Å². The first kappa shape index (κ1) is 31.9. The van der Waals surface area contributed by atoms with Gasteiger partial charge in [-0.3, -0.25) is 0 Å². The Morgan fingerprint density at radius 1 is 0.759 bits per heavy atom. The standard InChI is InChI=1S/C51H46N2O/c1-51(2)44-17-9-6-14-39(44)40-29-28-38(32-45(40)51)52(35-22-20-34(21-23-35)33-12-4-3-5-13-33)36-24-26-37(27-25-36)53-46-18-10-7-15-41(46)42-30-31-48-49(50(42)53)43-16-8-11-19-47(43)54-48/h7,9-12,15,17-22,24-32,35H,3-6,8,13-14,16,23H2,1-2H3. The highest BCUT2D eigenvalue weighted by Gasteiger charge is 2.38. The Morgan fingerprint density at radius 2 is 1.61 bits per heavy atom. The minimum atomic E-state index is -0.0139. The average molecular weight is 703 g/mol. The fourth-order valence-electron chi connectivity index (χ4n) is 10.4. The van der Waals surface area contributed by atoms with E-state index in [-0.39, 0.29) is 11.5 Å². The van der Waals surface area contributed by atoms with Gasteiger partial charge in [-0.25, -0.2) is 0 Å². The molecule has 4 aromatic carbocycles. The number of aryl methyl sites for hydroxylation is 1. The van der Waals surface area contributed by atoms with Crippen molar-refractivity contribution < 1.29 is 4.42 Å². The van der Waals surface area contributed by atoms with Crippen LogP contribution in [0, 0.1) is 0 Å². The normalized spacial score (nSPS) is 20.0. The van der Waals surface area contributed by atoms with Crippen molar-refractivity contribution in [1.29, 1.82) is 0 Å². The molecule has 1 unspecified atom stereocenters. The van der Waals surface area contributed by atoms with Crippen LogP contribution in [0.1, 0.15) is 87.7 Å². The van der Waals surface area contributed by atoms with E-state index in [4.69, 9.17) is 4.42 Å². The van der Waals surface area contributed by atoms with E-state index in [9.17, 15) is 0 Å². The Labute approximate surface area is 318 Å². The van der Waals surface area contributed by atoms with Crippen molar-refractivity contribution in [2.24, 2.45) is 0 Å². The maximum absolute atomic E-state index is 6.45. The van der Waals surface area contributed by atoms with Crippen LogP contribution in [-0.4, -0.2) is 10.6 Å². The van der Waals surface area contributed by atoms with Crippen LogP contribution in [0.25, 0.3) is 50.1 Å². The van der Waals surface area contributed by atoms with Crippen molar-refractivity contribution in [1.82, 2.24) is 4.57 Å². The van der Waals surface area contributed by atoms with E-state index in [1.165, 1.54) is 103 Å². The van der Waals surface area contributed by atoms with E-state index in [1.54, 1.807) is 5.57 Å². The van der Waals surface area contributed by atoms with E-state index in [2.05, 4.69) is 151 Å². The second-order valence-electron chi connectivity index (χ2n) is 16.4. The number of fused-ring (bicyclic) bond motifs is 9. The van der Waals surface area contributed by atoms with Gasteiger partial charge in [0, 0.05) is 44.2 Å². The quantitative estimate of drug-likeness (QED) is 0.178. The van der Waals surface area contributed by atoms with Crippen LogP contribution in [0.4, 0.5) is 11.4 Å². The summed E-state index contributed by atoms with van der Waals surface area (Å²) in [5, 5.41) is 3.80. The minimum absolute atomic E-state index is 0.0139. The van der Waals surface area contributed by atoms with Gasteiger partial charge in [0.25, 0.3) is 0 Å². The number of aromatic nitrogens is 1. The SMILES string of the molecule is CC1(C)C2=C(CCC=C2)c2ccc(N(c3ccc(-n4c5ccccc5c5ccc6oc7c(c6c54)CCC=C7)cc3)C3C=CC(C4=CCCCC4)=CC3)cc21. The highest BCUT2D eigenvalue weighted by Crippen LogP contribution is 2.51. The molecule has 0 saturated carbocycles. The van der Waals surface area contributed by atoms with Crippen LogP contribution < -0.4 is 4.90 Å². The molecule has 0 fully saturated rings. The Balaban J connectivity index is 1.04. The molecule has 266 valence electrons. The Kier molecular flexibility index (Phi) is 7.24. The van der Waals surface area contributed by atoms with Gasteiger partial charge in [0.2, 0.25) is 0 Å². The Morgan fingerprint density at radius 3 is 2.46 bits per heavy atom. The van der Waals surface area contributed by atoms with Gasteiger partial charge in [-0.2, -0.15) is 0 Å².